The summed E-state index contributed by atoms with van der Waals surface area (Å²) in [5, 5.41) is 112. The number of hydrogen-bond donors (Lipinski definition) is 21. The molecule has 3 aliphatic rings. The number of hydrogen-bond acceptors (Lipinski definition) is 26. The third kappa shape index (κ3) is 28.3. The first-order valence-electron chi connectivity index (χ1n) is 34.4. The molecule has 0 bridgehead atoms. The Balaban J connectivity index is 1.57. The Hall–Kier alpha value is -9.06. The van der Waals surface area contributed by atoms with E-state index in [1.165, 1.54) is 66.4 Å². The second-order valence-corrected chi connectivity index (χ2v) is 29.5. The highest BCUT2D eigenvalue weighted by molar-refractivity contribution is 8.76. The predicted molar refractivity (Wildman–Crippen MR) is 382 cm³/mol. The SMILES string of the molecule is CC1=CC(CC(=O)N(CCN)CC(=O)N[C@@H](CC(C)C)C(=O)N2CCC[C@H]2C(=O)N[C@H]2CSSC[C@@H](C(=O)N[C@@H](CC(C)C)C(=O)N[C@@H](CC(=O)O)[C@H](N)O)NC(=O)[C@H](C(C)O)N[C@H](O)CNC(=O)[C@H](Cc3ccc(O)cc3)NC(=O)[C@H](Cc3ccc(O)cc3)NC(=O)[C@H](CC(=O)O)NC2O)C(=O)NC1=O. The van der Waals surface area contributed by atoms with Gasteiger partial charge in [0.05, 0.1) is 56.1 Å². The summed E-state index contributed by atoms with van der Waals surface area (Å²) in [4.78, 5) is 195. The van der Waals surface area contributed by atoms with Crippen LogP contribution in [0.5, 0.6) is 11.5 Å². The first-order valence-corrected chi connectivity index (χ1v) is 36.9. The Kier molecular flexibility index (Phi) is 35.0. The number of amides is 12. The van der Waals surface area contributed by atoms with Gasteiger partial charge in [0.25, 0.3) is 5.91 Å². The fraction of sp³-hybridized carbons (Fsp3) is 0.582. The molecule has 12 amide bonds. The Bertz CT molecular complexity index is 3460. The number of imide groups is 1. The van der Waals surface area contributed by atoms with Gasteiger partial charge in [0, 0.05) is 56.0 Å². The molecule has 23 N–H and O–H groups in total. The van der Waals surface area contributed by atoms with E-state index in [1.54, 1.807) is 27.7 Å². The van der Waals surface area contributed by atoms with E-state index in [9.17, 15) is 108 Å². The van der Waals surface area contributed by atoms with Crippen LogP contribution in [0.2, 0.25) is 0 Å². The van der Waals surface area contributed by atoms with Crippen LogP contribution in [0.25, 0.3) is 0 Å². The van der Waals surface area contributed by atoms with Crippen molar-refractivity contribution in [2.75, 3.05) is 44.2 Å². The van der Waals surface area contributed by atoms with Gasteiger partial charge in [-0.2, -0.15) is 0 Å². The summed E-state index contributed by atoms with van der Waals surface area (Å²) in [5.41, 5.74) is 12.3. The van der Waals surface area contributed by atoms with E-state index in [4.69, 9.17) is 11.5 Å². The van der Waals surface area contributed by atoms with E-state index >= 15 is 0 Å². The number of nitrogens with zero attached hydrogens (tertiary/aromatic N) is 2. The molecule has 2 aromatic carbocycles. The third-order valence-corrected chi connectivity index (χ3v) is 19.6. The minimum Gasteiger partial charge on any atom is -0.508 e. The highest BCUT2D eigenvalue weighted by Gasteiger charge is 2.42. The molecule has 2 saturated heterocycles. The number of nitrogens with one attached hydrogen (secondary N) is 11. The van der Waals surface area contributed by atoms with Gasteiger partial charge in [0.15, 0.2) is 0 Å². The molecule has 0 spiro atoms. The van der Waals surface area contributed by atoms with Gasteiger partial charge in [-0.25, -0.2) is 0 Å². The van der Waals surface area contributed by atoms with Crippen molar-refractivity contribution < 1.29 is 108 Å². The molecular weight excluding hydrogens is 1430 g/mol. The molecular formula is C67H99N15O22S2. The average molecular weight is 1530 g/mol. The first kappa shape index (κ1) is 87.6. The van der Waals surface area contributed by atoms with Crippen LogP contribution in [0.15, 0.2) is 60.2 Å². The Morgan fingerprint density at radius 2 is 1.26 bits per heavy atom. The van der Waals surface area contributed by atoms with Crippen LogP contribution >= 0.6 is 21.6 Å². The Morgan fingerprint density at radius 3 is 1.82 bits per heavy atom. The van der Waals surface area contributed by atoms with Crippen molar-refractivity contribution in [1.29, 1.82) is 0 Å². The molecule has 0 aromatic heterocycles. The number of aliphatic hydroxyl groups is 4. The van der Waals surface area contributed by atoms with Gasteiger partial charge < -0.3 is 105 Å². The number of carbonyl (C=O) groups excluding carboxylic acids is 12. The molecule has 2 aromatic rings. The van der Waals surface area contributed by atoms with E-state index in [0.29, 0.717) is 11.1 Å². The number of carbonyl (C=O) groups is 14. The zero-order valence-corrected chi connectivity index (χ0v) is 61.1. The first-order chi connectivity index (χ1) is 49.9. The highest BCUT2D eigenvalue weighted by atomic mass is 33.1. The van der Waals surface area contributed by atoms with Crippen molar-refractivity contribution in [2.45, 2.75) is 185 Å². The van der Waals surface area contributed by atoms with Crippen LogP contribution in [-0.2, 0) is 80.0 Å². The van der Waals surface area contributed by atoms with Crippen LogP contribution < -0.4 is 70.0 Å². The summed E-state index contributed by atoms with van der Waals surface area (Å²) in [6.45, 7) is 7.80. The smallest absolute Gasteiger partial charge is 0.305 e. The normalized spacial score (nSPS) is 24.1. The molecule has 2 fully saturated rings. The maximum atomic E-state index is 14.9. The van der Waals surface area contributed by atoms with E-state index < -0.39 is 224 Å². The molecule has 0 radical (unpaired) electrons. The fourth-order valence-corrected chi connectivity index (χ4v) is 14.0. The number of likely N-dealkylation sites (tertiary alicyclic amines) is 1. The second-order valence-electron chi connectivity index (χ2n) is 26.9. The number of phenolic OH excluding ortho intramolecular Hbond substituents is 2. The van der Waals surface area contributed by atoms with Crippen molar-refractivity contribution in [1.82, 2.24) is 68.3 Å². The lowest BCUT2D eigenvalue weighted by Gasteiger charge is -2.33. The van der Waals surface area contributed by atoms with Crippen molar-refractivity contribution in [3.8, 4) is 11.5 Å². The molecule has 0 saturated carbocycles. The minimum absolute atomic E-state index is 0.00421. The topological polar surface area (TPSA) is 592 Å². The molecule has 39 heteroatoms. The van der Waals surface area contributed by atoms with Crippen molar-refractivity contribution >= 4 is 104 Å². The monoisotopic (exact) mass is 1530 g/mol. The summed E-state index contributed by atoms with van der Waals surface area (Å²) >= 11 is 0. The molecule has 3 aliphatic heterocycles. The third-order valence-electron chi connectivity index (χ3n) is 17.1. The van der Waals surface area contributed by atoms with Crippen molar-refractivity contribution in [3.05, 3.63) is 71.3 Å². The average Bonchev–Trinajstić information content (AvgIpc) is 1.65. The van der Waals surface area contributed by atoms with Crippen molar-refractivity contribution in [3.63, 3.8) is 0 Å². The number of carboxylic acid groups (broad SMARTS) is 2. The number of carboxylic acids is 2. The van der Waals surface area contributed by atoms with Gasteiger partial charge in [-0.15, -0.1) is 0 Å². The summed E-state index contributed by atoms with van der Waals surface area (Å²) < 4.78 is 0. The molecule has 106 heavy (non-hydrogen) atoms. The van der Waals surface area contributed by atoms with Gasteiger partial charge in [-0.3, -0.25) is 83.1 Å². The van der Waals surface area contributed by atoms with Crippen LogP contribution in [0.4, 0.5) is 0 Å². The van der Waals surface area contributed by atoms with Gasteiger partial charge in [0.2, 0.25) is 65.0 Å². The second kappa shape index (κ2) is 42.3. The summed E-state index contributed by atoms with van der Waals surface area (Å²) in [5.74, 6) is -17.0. The van der Waals surface area contributed by atoms with Gasteiger partial charge in [-0.05, 0) is 86.8 Å². The molecule has 37 nitrogen and oxygen atoms in total. The number of aliphatic carboxylic acids is 2. The quantitative estimate of drug-likeness (QED) is 0.0215. The number of nitrogens with two attached hydrogens (primary N) is 2. The van der Waals surface area contributed by atoms with E-state index in [2.05, 4.69) is 58.5 Å². The van der Waals surface area contributed by atoms with Crippen LogP contribution in [0, 0.1) is 17.8 Å². The number of rotatable bonds is 28. The molecule has 3 heterocycles. The number of benzene rings is 2. The van der Waals surface area contributed by atoms with E-state index in [0.717, 1.165) is 33.4 Å². The number of β-amino-alcohol motifs (C(OH)–C–C–N with tert-alkyl or cyclic N) is 1. The number of aliphatic hydroxyl groups excluding tert-OH is 4. The lowest BCUT2D eigenvalue weighted by molar-refractivity contribution is -0.143. The van der Waals surface area contributed by atoms with Gasteiger partial charge in [-0.1, -0.05) is 79.6 Å². The maximum absolute atomic E-state index is 14.9. The lowest BCUT2D eigenvalue weighted by Crippen LogP contribution is -2.62. The Labute approximate surface area is 618 Å². The molecule has 15 atom stereocenters. The summed E-state index contributed by atoms with van der Waals surface area (Å²) in [6.07, 6.45) is -9.28. The standard InChI is InChI=1S/C67H99N15O22S2/c1-32(2)20-42(60(97)72-41(56(69)93)26-53(89)90)73-64(101)48-31-106-105-30-47(77-65(102)49-8-7-18-82(49)67(104)46(21-33(3)4)71-51(87)29-81(19-17-68)52(88)25-38-22-34(5)57(94)80-58(38)95)63(100)76-45(27-54(91)92)62(99)75-44(24-37-11-15-40(85)16-12-37)61(98)74-43(23-36-9-13-39(84)14-10-36)59(96)70-28-50(86)79-55(35(6)83)66(103)78-48/h9-16,22,32-33,35,38,41-50,55-56,63,76,79,83-86,93,100H,7-8,17-21,23-31,68-69H2,1-6H3,(H,70,96)(H,71,87)(H,72,97)(H,73,101)(H,74,98)(H,75,99)(H,77,102)(H,78,103)(H,89,90)(H,91,92)(H,80,94,95)/t35?,38?,41-,42-,43-,44-,45-,46-,47-,48-,49-,50+,55-,56+,63?/m0/s1. The molecule has 0 aliphatic carbocycles. The highest BCUT2D eigenvalue weighted by Crippen LogP contribution is 2.27. The number of aromatic hydroxyl groups is 2. The summed E-state index contributed by atoms with van der Waals surface area (Å²) in [7, 11) is 1.59. The molecule has 3 unspecified atom stereocenters. The largest absolute Gasteiger partial charge is 0.508 e. The zero-order valence-electron chi connectivity index (χ0n) is 59.5. The minimum atomic E-state index is -2.15. The van der Waals surface area contributed by atoms with Gasteiger partial charge >= 0.3 is 11.9 Å². The van der Waals surface area contributed by atoms with E-state index in [-0.39, 0.29) is 80.6 Å². The molecule has 586 valence electrons. The van der Waals surface area contributed by atoms with Crippen molar-refractivity contribution in [2.24, 2.45) is 29.2 Å². The lowest BCUT2D eigenvalue weighted by atomic mass is 9.97. The van der Waals surface area contributed by atoms with Gasteiger partial charge in [0.1, 0.15) is 72.5 Å². The number of phenols is 2. The molecule has 5 rings (SSSR count). The zero-order chi connectivity index (χ0) is 78.8. The van der Waals surface area contributed by atoms with E-state index in [1.807, 2.05) is 0 Å². The predicted octanol–water partition coefficient (Wildman–Crippen LogP) is -5.57. The van der Waals surface area contributed by atoms with Crippen LogP contribution in [0.3, 0.4) is 0 Å². The maximum Gasteiger partial charge on any atom is 0.305 e. The van der Waals surface area contributed by atoms with Crippen LogP contribution in [-0.4, -0.2) is 263 Å². The summed E-state index contributed by atoms with van der Waals surface area (Å²) in [6, 6.07) is -5.40. The Morgan fingerprint density at radius 1 is 0.689 bits per heavy atom. The fourth-order valence-electron chi connectivity index (χ4n) is 11.6. The van der Waals surface area contributed by atoms with Crippen LogP contribution in [0.1, 0.15) is 97.6 Å².